The monoisotopic (exact) mass is 421 g/mol. The van der Waals surface area contributed by atoms with Crippen molar-refractivity contribution < 1.29 is 13.9 Å². The molecule has 3 rings (SSSR count). The second kappa shape index (κ2) is 7.71. The van der Waals surface area contributed by atoms with Gasteiger partial charge in [0, 0.05) is 21.6 Å². The van der Waals surface area contributed by atoms with Gasteiger partial charge in [-0.15, -0.1) is 0 Å². The average molecular weight is 422 g/mol. The van der Waals surface area contributed by atoms with Crippen molar-refractivity contribution in [2.75, 3.05) is 5.32 Å². The lowest BCUT2D eigenvalue weighted by Gasteiger charge is -2.13. The minimum Gasteiger partial charge on any atom is -0.478 e. The summed E-state index contributed by atoms with van der Waals surface area (Å²) in [5.74, 6) is -0.397. The van der Waals surface area contributed by atoms with Crippen LogP contribution in [0.4, 0.5) is 9.52 Å². The standard InChI is InChI=1S/C17H13BrFN3O2S/c1-10(24-14-5-3-2-4-13(14)19)16(23)21-17-20-15(22-25-17)11-6-8-12(18)9-7-11/h2-10H,1H3,(H,20,21,22,23)/t10-/m0/s1. The van der Waals surface area contributed by atoms with Crippen LogP contribution in [0.5, 0.6) is 5.75 Å². The molecule has 0 fully saturated rings. The summed E-state index contributed by atoms with van der Waals surface area (Å²) in [7, 11) is 0. The number of nitrogens with one attached hydrogen (secondary N) is 1. The molecule has 0 saturated carbocycles. The fourth-order valence-electron chi connectivity index (χ4n) is 1.98. The second-order valence-corrected chi connectivity index (χ2v) is 6.78. The van der Waals surface area contributed by atoms with Crippen LogP contribution in [0.25, 0.3) is 11.4 Å². The van der Waals surface area contributed by atoms with E-state index in [4.69, 9.17) is 4.74 Å². The number of nitrogens with zero attached hydrogens (tertiary/aromatic N) is 2. The fraction of sp³-hybridized carbons (Fsp3) is 0.118. The van der Waals surface area contributed by atoms with Gasteiger partial charge in [0.2, 0.25) is 5.13 Å². The smallest absolute Gasteiger partial charge is 0.266 e. The Morgan fingerprint density at radius 3 is 2.68 bits per heavy atom. The van der Waals surface area contributed by atoms with E-state index in [0.717, 1.165) is 21.6 Å². The number of carbonyl (C=O) groups is 1. The third-order valence-electron chi connectivity index (χ3n) is 3.27. The van der Waals surface area contributed by atoms with E-state index in [-0.39, 0.29) is 5.75 Å². The van der Waals surface area contributed by atoms with Crippen LogP contribution >= 0.6 is 27.5 Å². The van der Waals surface area contributed by atoms with Gasteiger partial charge in [0.15, 0.2) is 23.5 Å². The number of hydrogen-bond acceptors (Lipinski definition) is 5. The first-order valence-corrected chi connectivity index (χ1v) is 8.91. The van der Waals surface area contributed by atoms with Crippen LogP contribution in [0, 0.1) is 5.82 Å². The Labute approximate surface area is 156 Å². The van der Waals surface area contributed by atoms with Crippen LogP contribution in [0.15, 0.2) is 53.0 Å². The van der Waals surface area contributed by atoms with E-state index in [1.54, 1.807) is 19.1 Å². The molecule has 0 radical (unpaired) electrons. The van der Waals surface area contributed by atoms with E-state index in [1.165, 1.54) is 12.1 Å². The number of aromatic nitrogens is 2. The van der Waals surface area contributed by atoms with Crippen molar-refractivity contribution in [3.63, 3.8) is 0 Å². The number of carbonyl (C=O) groups excluding carboxylic acids is 1. The number of anilines is 1. The summed E-state index contributed by atoms with van der Waals surface area (Å²) in [6.45, 7) is 1.54. The zero-order valence-corrected chi connectivity index (χ0v) is 15.5. The first kappa shape index (κ1) is 17.5. The first-order valence-electron chi connectivity index (χ1n) is 7.34. The van der Waals surface area contributed by atoms with Crippen molar-refractivity contribution in [1.82, 2.24) is 9.36 Å². The normalized spacial score (nSPS) is 11.8. The lowest BCUT2D eigenvalue weighted by Crippen LogP contribution is -2.30. The lowest BCUT2D eigenvalue weighted by molar-refractivity contribution is -0.122. The molecule has 8 heteroatoms. The molecule has 2 aromatic carbocycles. The molecule has 0 saturated heterocycles. The first-order chi connectivity index (χ1) is 12.0. The molecule has 1 amide bonds. The molecule has 3 aromatic rings. The summed E-state index contributed by atoms with van der Waals surface area (Å²) >= 11 is 4.44. The van der Waals surface area contributed by atoms with Crippen LogP contribution < -0.4 is 10.1 Å². The highest BCUT2D eigenvalue weighted by Crippen LogP contribution is 2.23. The van der Waals surface area contributed by atoms with Gasteiger partial charge in [-0.25, -0.2) is 4.39 Å². The van der Waals surface area contributed by atoms with Crippen molar-refractivity contribution in [2.24, 2.45) is 0 Å². The predicted molar refractivity (Wildman–Crippen MR) is 98.2 cm³/mol. The minimum atomic E-state index is -0.878. The summed E-state index contributed by atoms with van der Waals surface area (Å²) in [6.07, 6.45) is -0.878. The highest BCUT2D eigenvalue weighted by molar-refractivity contribution is 9.10. The Hall–Kier alpha value is -2.32. The zero-order valence-electron chi connectivity index (χ0n) is 13.1. The number of halogens is 2. The molecule has 1 aromatic heterocycles. The van der Waals surface area contributed by atoms with Crippen molar-refractivity contribution >= 4 is 38.5 Å². The molecular weight excluding hydrogens is 409 g/mol. The molecule has 0 aliphatic heterocycles. The van der Waals surface area contributed by atoms with Gasteiger partial charge in [-0.05, 0) is 31.2 Å². The van der Waals surface area contributed by atoms with Gasteiger partial charge in [-0.2, -0.15) is 9.36 Å². The number of benzene rings is 2. The maximum atomic E-state index is 13.6. The Bertz CT molecular complexity index is 886. The van der Waals surface area contributed by atoms with Gasteiger partial charge in [-0.3, -0.25) is 10.1 Å². The van der Waals surface area contributed by atoms with Crippen molar-refractivity contribution in [3.05, 3.63) is 58.8 Å². The molecule has 1 atom stereocenters. The highest BCUT2D eigenvalue weighted by Gasteiger charge is 2.18. The SMILES string of the molecule is C[C@H](Oc1ccccc1F)C(=O)Nc1nc(-c2ccc(Br)cc2)ns1. The molecule has 5 nitrogen and oxygen atoms in total. The molecule has 0 spiro atoms. The van der Waals surface area contributed by atoms with Crippen LogP contribution in [0.2, 0.25) is 0 Å². The molecule has 0 aliphatic rings. The van der Waals surface area contributed by atoms with Crippen molar-refractivity contribution in [1.29, 1.82) is 0 Å². The van der Waals surface area contributed by atoms with Gasteiger partial charge in [0.25, 0.3) is 5.91 Å². The van der Waals surface area contributed by atoms with E-state index in [1.807, 2.05) is 24.3 Å². The van der Waals surface area contributed by atoms with Gasteiger partial charge in [0.05, 0.1) is 0 Å². The summed E-state index contributed by atoms with van der Waals surface area (Å²) < 4.78 is 24.1. The van der Waals surface area contributed by atoms with Crippen LogP contribution in [0.1, 0.15) is 6.92 Å². The third kappa shape index (κ3) is 4.40. The molecule has 25 heavy (non-hydrogen) atoms. The summed E-state index contributed by atoms with van der Waals surface area (Å²) in [5.41, 5.74) is 0.843. The maximum absolute atomic E-state index is 13.6. The Morgan fingerprint density at radius 2 is 1.96 bits per heavy atom. The summed E-state index contributed by atoms with van der Waals surface area (Å²) in [5, 5.41) is 2.99. The molecule has 0 aliphatic carbocycles. The molecule has 128 valence electrons. The quantitative estimate of drug-likeness (QED) is 0.657. The topological polar surface area (TPSA) is 64.1 Å². The van der Waals surface area contributed by atoms with Crippen LogP contribution in [-0.2, 0) is 4.79 Å². The fourth-order valence-corrected chi connectivity index (χ4v) is 2.84. The summed E-state index contributed by atoms with van der Waals surface area (Å²) in [6, 6.07) is 13.5. The predicted octanol–water partition coefficient (Wildman–Crippen LogP) is 4.51. The molecule has 0 unspecified atom stereocenters. The highest BCUT2D eigenvalue weighted by atomic mass is 79.9. The third-order valence-corrected chi connectivity index (χ3v) is 4.43. The van der Waals surface area contributed by atoms with Crippen molar-refractivity contribution in [2.45, 2.75) is 13.0 Å². The Balaban J connectivity index is 1.65. The average Bonchev–Trinajstić information content (AvgIpc) is 3.06. The number of rotatable bonds is 5. The lowest BCUT2D eigenvalue weighted by atomic mass is 10.2. The Morgan fingerprint density at radius 1 is 1.24 bits per heavy atom. The molecule has 1 N–H and O–H groups in total. The van der Waals surface area contributed by atoms with Crippen LogP contribution in [-0.4, -0.2) is 21.4 Å². The van der Waals surface area contributed by atoms with E-state index in [9.17, 15) is 9.18 Å². The van der Waals surface area contributed by atoms with Gasteiger partial charge in [-0.1, -0.05) is 40.2 Å². The van der Waals surface area contributed by atoms with Crippen molar-refractivity contribution in [3.8, 4) is 17.1 Å². The second-order valence-electron chi connectivity index (χ2n) is 5.11. The summed E-state index contributed by atoms with van der Waals surface area (Å²) in [4.78, 5) is 16.5. The van der Waals surface area contributed by atoms with E-state index in [2.05, 4.69) is 30.6 Å². The van der Waals surface area contributed by atoms with Gasteiger partial charge < -0.3 is 4.74 Å². The molecule has 0 bridgehead atoms. The van der Waals surface area contributed by atoms with Gasteiger partial charge in [0.1, 0.15) is 0 Å². The zero-order chi connectivity index (χ0) is 17.8. The number of hydrogen-bond donors (Lipinski definition) is 1. The number of amides is 1. The van der Waals surface area contributed by atoms with E-state index < -0.39 is 17.8 Å². The van der Waals surface area contributed by atoms with E-state index >= 15 is 0 Å². The number of para-hydroxylation sites is 1. The molecular formula is C17H13BrFN3O2S. The Kier molecular flexibility index (Phi) is 5.40. The maximum Gasteiger partial charge on any atom is 0.266 e. The number of ether oxygens (including phenoxy) is 1. The molecule has 1 heterocycles. The van der Waals surface area contributed by atoms with Crippen LogP contribution in [0.3, 0.4) is 0 Å². The minimum absolute atomic E-state index is 0.0259. The van der Waals surface area contributed by atoms with E-state index in [0.29, 0.717) is 11.0 Å². The largest absolute Gasteiger partial charge is 0.478 e. The van der Waals surface area contributed by atoms with Gasteiger partial charge >= 0.3 is 0 Å².